The molecule has 2 aromatic carbocycles. The van der Waals surface area contributed by atoms with E-state index in [2.05, 4.69) is 10.3 Å². The SMILES string of the molecule is COc1ccccc1N1C(=S)N[C@H](c2ccccn2)[C@@H]1c1cc(C)n(-c2cccc(C(F)(F)F)c2)c1C. The molecule has 9 heteroatoms. The molecule has 2 atom stereocenters. The minimum atomic E-state index is -4.43. The van der Waals surface area contributed by atoms with Crippen LogP contribution in [0.15, 0.2) is 79.0 Å². The van der Waals surface area contributed by atoms with Gasteiger partial charge in [0.15, 0.2) is 5.11 Å². The average Bonchev–Trinajstić information content (AvgIpc) is 3.38. The Labute approximate surface area is 218 Å². The van der Waals surface area contributed by atoms with Gasteiger partial charge in [-0.2, -0.15) is 13.2 Å². The van der Waals surface area contributed by atoms with E-state index >= 15 is 0 Å². The largest absolute Gasteiger partial charge is 0.495 e. The molecule has 0 spiro atoms. The average molecular weight is 523 g/mol. The number of hydrogen-bond donors (Lipinski definition) is 1. The van der Waals surface area contributed by atoms with Gasteiger partial charge in [-0.15, -0.1) is 0 Å². The van der Waals surface area contributed by atoms with Crippen LogP contribution in [0.25, 0.3) is 5.69 Å². The second-order valence-electron chi connectivity index (χ2n) is 8.88. The van der Waals surface area contributed by atoms with E-state index in [0.717, 1.165) is 34.4 Å². The zero-order chi connectivity index (χ0) is 26.3. The molecule has 1 aliphatic rings. The smallest absolute Gasteiger partial charge is 0.416 e. The first-order valence-corrected chi connectivity index (χ1v) is 12.1. The Morgan fingerprint density at radius 1 is 0.973 bits per heavy atom. The number of thiocarbonyl (C=S) groups is 1. The van der Waals surface area contributed by atoms with Crippen LogP contribution in [-0.2, 0) is 6.18 Å². The van der Waals surface area contributed by atoms with Gasteiger partial charge in [0.2, 0.25) is 0 Å². The number of anilines is 1. The number of benzene rings is 2. The molecule has 37 heavy (non-hydrogen) atoms. The van der Waals surface area contributed by atoms with Crippen LogP contribution in [0.3, 0.4) is 0 Å². The van der Waals surface area contributed by atoms with Crippen molar-refractivity contribution >= 4 is 23.0 Å². The molecule has 190 valence electrons. The number of nitrogens with zero attached hydrogens (tertiary/aromatic N) is 3. The Bertz CT molecular complexity index is 1450. The Hall–Kier alpha value is -3.85. The topological polar surface area (TPSA) is 42.3 Å². The van der Waals surface area contributed by atoms with Gasteiger partial charge < -0.3 is 19.5 Å². The number of pyridine rings is 1. The van der Waals surface area contributed by atoms with Crippen LogP contribution in [0, 0.1) is 13.8 Å². The summed E-state index contributed by atoms with van der Waals surface area (Å²) >= 11 is 5.82. The summed E-state index contributed by atoms with van der Waals surface area (Å²) in [4.78, 5) is 6.59. The number of halogens is 3. The third-order valence-electron chi connectivity index (χ3n) is 6.66. The van der Waals surface area contributed by atoms with Crippen molar-refractivity contribution in [2.24, 2.45) is 0 Å². The minimum Gasteiger partial charge on any atom is -0.495 e. The number of methoxy groups -OCH3 is 1. The standard InChI is InChI=1S/C28H25F3N4OS/c1-17-15-21(18(2)34(17)20-10-8-9-19(16-20)28(29,30)31)26-25(22-11-6-7-14-32-22)33-27(37)35(26)23-12-4-5-13-24(23)36-3/h4-16,25-26H,1-3H3,(H,33,37)/t25-,26+/m1/s1. The molecule has 0 saturated carbocycles. The van der Waals surface area contributed by atoms with E-state index < -0.39 is 11.7 Å². The molecule has 5 rings (SSSR count). The molecule has 0 amide bonds. The normalized spacial score (nSPS) is 17.7. The van der Waals surface area contributed by atoms with E-state index in [1.54, 1.807) is 19.4 Å². The first kappa shape index (κ1) is 24.8. The minimum absolute atomic E-state index is 0.297. The highest BCUT2D eigenvalue weighted by Crippen LogP contribution is 2.46. The van der Waals surface area contributed by atoms with Crippen LogP contribution in [0.4, 0.5) is 18.9 Å². The molecule has 4 aromatic rings. The first-order chi connectivity index (χ1) is 17.7. The maximum absolute atomic E-state index is 13.5. The zero-order valence-corrected chi connectivity index (χ0v) is 21.3. The molecular formula is C28H25F3N4OS. The van der Waals surface area contributed by atoms with E-state index in [-0.39, 0.29) is 12.1 Å². The van der Waals surface area contributed by atoms with Crippen LogP contribution < -0.4 is 15.0 Å². The summed E-state index contributed by atoms with van der Waals surface area (Å²) < 4.78 is 47.9. The predicted molar refractivity (Wildman–Crippen MR) is 141 cm³/mol. The second kappa shape index (κ2) is 9.55. The lowest BCUT2D eigenvalue weighted by atomic mass is 9.96. The Morgan fingerprint density at radius 2 is 1.73 bits per heavy atom. The molecular weight excluding hydrogens is 497 g/mol. The highest BCUT2D eigenvalue weighted by atomic mass is 32.1. The van der Waals surface area contributed by atoms with E-state index in [0.29, 0.717) is 16.5 Å². The number of hydrogen-bond acceptors (Lipinski definition) is 3. The summed E-state index contributed by atoms with van der Waals surface area (Å²) in [6, 6.07) is 20.1. The molecule has 1 saturated heterocycles. The number of nitrogens with one attached hydrogen (secondary N) is 1. The predicted octanol–water partition coefficient (Wildman–Crippen LogP) is 6.69. The van der Waals surface area contributed by atoms with Crippen molar-refractivity contribution in [2.75, 3.05) is 12.0 Å². The maximum atomic E-state index is 13.5. The van der Waals surface area contributed by atoms with Crippen molar-refractivity contribution in [2.45, 2.75) is 32.1 Å². The molecule has 1 fully saturated rings. The van der Waals surface area contributed by atoms with Gasteiger partial charge in [0.1, 0.15) is 5.75 Å². The van der Waals surface area contributed by atoms with Gasteiger partial charge in [-0.3, -0.25) is 4.98 Å². The molecule has 0 radical (unpaired) electrons. The van der Waals surface area contributed by atoms with Gasteiger partial charge in [0.25, 0.3) is 0 Å². The molecule has 1 aliphatic heterocycles. The van der Waals surface area contributed by atoms with Gasteiger partial charge in [0, 0.05) is 23.3 Å². The number of rotatable bonds is 5. The molecule has 3 heterocycles. The second-order valence-corrected chi connectivity index (χ2v) is 9.27. The van der Waals surface area contributed by atoms with Gasteiger partial charge in [0.05, 0.1) is 36.1 Å². The Balaban J connectivity index is 1.69. The summed E-state index contributed by atoms with van der Waals surface area (Å²) in [7, 11) is 1.61. The number of aryl methyl sites for hydroxylation is 1. The third-order valence-corrected chi connectivity index (χ3v) is 6.98. The molecule has 0 aliphatic carbocycles. The van der Waals surface area contributed by atoms with E-state index in [1.807, 2.05) is 71.8 Å². The first-order valence-electron chi connectivity index (χ1n) is 11.7. The summed E-state index contributed by atoms with van der Waals surface area (Å²) in [6.07, 6.45) is -2.70. The van der Waals surface area contributed by atoms with E-state index in [4.69, 9.17) is 17.0 Å². The highest BCUT2D eigenvalue weighted by molar-refractivity contribution is 7.80. The van der Waals surface area contributed by atoms with E-state index in [9.17, 15) is 13.2 Å². The van der Waals surface area contributed by atoms with Gasteiger partial charge >= 0.3 is 6.18 Å². The molecule has 0 bridgehead atoms. The monoisotopic (exact) mass is 522 g/mol. The van der Waals surface area contributed by atoms with Gasteiger partial charge in [-0.1, -0.05) is 24.3 Å². The zero-order valence-electron chi connectivity index (χ0n) is 20.5. The van der Waals surface area contributed by atoms with Crippen molar-refractivity contribution in [3.63, 3.8) is 0 Å². The highest BCUT2D eigenvalue weighted by Gasteiger charge is 2.43. The third kappa shape index (κ3) is 4.44. The number of para-hydroxylation sites is 2. The summed E-state index contributed by atoms with van der Waals surface area (Å²) in [5, 5.41) is 3.93. The number of ether oxygens (including phenoxy) is 1. The molecule has 2 aromatic heterocycles. The Kier molecular flexibility index (Phi) is 6.41. The van der Waals surface area contributed by atoms with Crippen molar-refractivity contribution in [1.82, 2.24) is 14.9 Å². The van der Waals surface area contributed by atoms with Crippen molar-refractivity contribution in [1.29, 1.82) is 0 Å². The Morgan fingerprint density at radius 3 is 2.43 bits per heavy atom. The number of alkyl halides is 3. The fraction of sp³-hybridized carbons (Fsp3) is 0.214. The quantitative estimate of drug-likeness (QED) is 0.296. The summed E-state index contributed by atoms with van der Waals surface area (Å²) in [5.41, 5.74) is 3.89. The lowest BCUT2D eigenvalue weighted by Gasteiger charge is -2.29. The summed E-state index contributed by atoms with van der Waals surface area (Å²) in [6.45, 7) is 3.81. The molecule has 0 unspecified atom stereocenters. The van der Waals surface area contributed by atoms with Gasteiger partial charge in [-0.05, 0) is 80.2 Å². The van der Waals surface area contributed by atoms with E-state index in [1.165, 1.54) is 12.1 Å². The van der Waals surface area contributed by atoms with Gasteiger partial charge in [-0.25, -0.2) is 0 Å². The fourth-order valence-corrected chi connectivity index (χ4v) is 5.40. The lowest BCUT2D eigenvalue weighted by molar-refractivity contribution is -0.137. The van der Waals surface area contributed by atoms with Crippen LogP contribution in [0.5, 0.6) is 5.75 Å². The van der Waals surface area contributed by atoms with Crippen LogP contribution >= 0.6 is 12.2 Å². The lowest BCUT2D eigenvalue weighted by Crippen LogP contribution is -2.30. The maximum Gasteiger partial charge on any atom is 0.416 e. The summed E-state index contributed by atoms with van der Waals surface area (Å²) in [5.74, 6) is 0.657. The van der Waals surface area contributed by atoms with Crippen molar-refractivity contribution in [3.8, 4) is 11.4 Å². The van der Waals surface area contributed by atoms with Crippen LogP contribution in [0.1, 0.15) is 40.3 Å². The molecule has 1 N–H and O–H groups in total. The molecule has 5 nitrogen and oxygen atoms in total. The van der Waals surface area contributed by atoms with Crippen molar-refractivity contribution in [3.05, 3.63) is 107 Å². The van der Waals surface area contributed by atoms with Crippen molar-refractivity contribution < 1.29 is 17.9 Å². The fourth-order valence-electron chi connectivity index (χ4n) is 5.06. The number of aromatic nitrogens is 2. The van der Waals surface area contributed by atoms with Crippen LogP contribution in [-0.4, -0.2) is 21.8 Å². The van der Waals surface area contributed by atoms with Crippen LogP contribution in [0.2, 0.25) is 0 Å².